The number of benzene rings is 2. The van der Waals surface area contributed by atoms with Gasteiger partial charge in [0.05, 0.1) is 33.5 Å². The van der Waals surface area contributed by atoms with Crippen molar-refractivity contribution in [1.82, 2.24) is 0 Å². The Bertz CT molecular complexity index is 852. The van der Waals surface area contributed by atoms with Gasteiger partial charge in [-0.25, -0.2) is 0 Å². The first-order valence-corrected chi connectivity index (χ1v) is 8.67. The highest BCUT2D eigenvalue weighted by Gasteiger charge is 2.59. The predicted molar refractivity (Wildman–Crippen MR) is 95.1 cm³/mol. The van der Waals surface area contributed by atoms with Crippen LogP contribution in [0.1, 0.15) is 23.3 Å². The van der Waals surface area contributed by atoms with Gasteiger partial charge in [0, 0.05) is 5.92 Å². The van der Waals surface area contributed by atoms with Crippen LogP contribution in [0.4, 0.5) is 0 Å². The van der Waals surface area contributed by atoms with Crippen LogP contribution in [0.15, 0.2) is 36.4 Å². The van der Waals surface area contributed by atoms with Crippen molar-refractivity contribution in [2.24, 2.45) is 5.92 Å². The SMILES string of the molecule is COc1cc([C@H]2OC[C@@]3(O)[C@@H]2CO[C@H]3c2ccc(O)c(OC)c2)ccc1O. The molecule has 4 atom stereocenters. The van der Waals surface area contributed by atoms with E-state index in [1.54, 1.807) is 30.3 Å². The molecule has 0 aliphatic carbocycles. The van der Waals surface area contributed by atoms with Gasteiger partial charge >= 0.3 is 0 Å². The molecule has 2 heterocycles. The maximum absolute atomic E-state index is 11.4. The third kappa shape index (κ3) is 2.79. The minimum atomic E-state index is -1.21. The van der Waals surface area contributed by atoms with Gasteiger partial charge in [0.25, 0.3) is 0 Å². The summed E-state index contributed by atoms with van der Waals surface area (Å²) in [5.74, 6) is 0.467. The zero-order chi connectivity index (χ0) is 19.2. The van der Waals surface area contributed by atoms with Crippen LogP contribution in [0.5, 0.6) is 23.0 Å². The van der Waals surface area contributed by atoms with Gasteiger partial charge in [-0.3, -0.25) is 0 Å². The van der Waals surface area contributed by atoms with E-state index in [0.29, 0.717) is 23.7 Å². The van der Waals surface area contributed by atoms with Gasteiger partial charge in [-0.1, -0.05) is 12.1 Å². The monoisotopic (exact) mass is 374 g/mol. The molecule has 7 nitrogen and oxygen atoms in total. The number of methoxy groups -OCH3 is 2. The highest BCUT2D eigenvalue weighted by molar-refractivity contribution is 5.45. The predicted octanol–water partition coefficient (Wildman–Crippen LogP) is 2.31. The van der Waals surface area contributed by atoms with E-state index in [4.69, 9.17) is 18.9 Å². The Morgan fingerprint density at radius 2 is 1.52 bits per heavy atom. The van der Waals surface area contributed by atoms with Crippen LogP contribution < -0.4 is 9.47 Å². The molecule has 0 saturated carbocycles. The first-order valence-electron chi connectivity index (χ1n) is 8.67. The van der Waals surface area contributed by atoms with Crippen LogP contribution in [0.25, 0.3) is 0 Å². The molecule has 3 N–H and O–H groups in total. The zero-order valence-electron chi connectivity index (χ0n) is 15.1. The molecule has 2 aliphatic rings. The van der Waals surface area contributed by atoms with Crippen molar-refractivity contribution < 1.29 is 34.3 Å². The molecular weight excluding hydrogens is 352 g/mol. The van der Waals surface area contributed by atoms with Crippen LogP contribution in [0, 0.1) is 5.92 Å². The van der Waals surface area contributed by atoms with E-state index in [-0.39, 0.29) is 30.1 Å². The second-order valence-electron chi connectivity index (χ2n) is 6.91. The van der Waals surface area contributed by atoms with Gasteiger partial charge in [0.1, 0.15) is 11.7 Å². The Morgan fingerprint density at radius 3 is 2.15 bits per heavy atom. The van der Waals surface area contributed by atoms with E-state index in [2.05, 4.69) is 0 Å². The minimum Gasteiger partial charge on any atom is -0.504 e. The molecule has 7 heteroatoms. The summed E-state index contributed by atoms with van der Waals surface area (Å²) in [7, 11) is 2.95. The van der Waals surface area contributed by atoms with Gasteiger partial charge in [-0.05, 0) is 35.4 Å². The second kappa shape index (κ2) is 6.60. The number of aromatic hydroxyl groups is 2. The molecule has 2 saturated heterocycles. The number of phenolic OH excluding ortho intramolecular Hbond substituents is 2. The third-order valence-corrected chi connectivity index (χ3v) is 5.44. The summed E-state index contributed by atoms with van der Waals surface area (Å²) in [6, 6.07) is 9.91. The van der Waals surface area contributed by atoms with Crippen LogP contribution in [-0.2, 0) is 9.47 Å². The number of fused-ring (bicyclic) bond motifs is 1. The molecule has 0 bridgehead atoms. The van der Waals surface area contributed by atoms with Gasteiger partial charge < -0.3 is 34.3 Å². The Hall–Kier alpha value is -2.48. The summed E-state index contributed by atoms with van der Waals surface area (Å²) in [5.41, 5.74) is 0.304. The number of ether oxygens (including phenoxy) is 4. The first kappa shape index (κ1) is 17.9. The lowest BCUT2D eigenvalue weighted by molar-refractivity contribution is -0.0628. The highest BCUT2D eigenvalue weighted by atomic mass is 16.6. The summed E-state index contributed by atoms with van der Waals surface area (Å²) in [5, 5.41) is 31.0. The lowest BCUT2D eigenvalue weighted by Crippen LogP contribution is -2.39. The second-order valence-corrected chi connectivity index (χ2v) is 6.91. The van der Waals surface area contributed by atoms with Crippen LogP contribution >= 0.6 is 0 Å². The number of aliphatic hydroxyl groups is 1. The van der Waals surface area contributed by atoms with E-state index in [1.165, 1.54) is 20.3 Å². The molecule has 2 aliphatic heterocycles. The lowest BCUT2D eigenvalue weighted by Gasteiger charge is -2.27. The number of rotatable bonds is 4. The summed E-state index contributed by atoms with van der Waals surface area (Å²) < 4.78 is 22.2. The fourth-order valence-corrected chi connectivity index (χ4v) is 4.00. The Balaban J connectivity index is 1.64. The molecular formula is C20H22O7. The standard InChI is InChI=1S/C20H22O7/c1-24-16-7-11(3-5-14(16)21)18-13-9-26-19(20(13,23)10-27-18)12-4-6-15(22)17(8-12)25-2/h3-8,13,18-19,21-23H,9-10H2,1-2H3/t13-,18-,19+,20-/m1/s1. The quantitative estimate of drug-likeness (QED) is 0.755. The molecule has 4 rings (SSSR count). The molecule has 0 unspecified atom stereocenters. The molecule has 0 spiro atoms. The van der Waals surface area contributed by atoms with Gasteiger partial charge in [-0.2, -0.15) is 0 Å². The van der Waals surface area contributed by atoms with Gasteiger partial charge in [-0.15, -0.1) is 0 Å². The van der Waals surface area contributed by atoms with E-state index in [0.717, 1.165) is 5.56 Å². The van der Waals surface area contributed by atoms with E-state index < -0.39 is 11.7 Å². The van der Waals surface area contributed by atoms with Crippen molar-refractivity contribution in [3.8, 4) is 23.0 Å². The minimum absolute atomic E-state index is 0.0273. The average molecular weight is 374 g/mol. The fraction of sp³-hybridized carbons (Fsp3) is 0.400. The van der Waals surface area contributed by atoms with Crippen LogP contribution in [0.2, 0.25) is 0 Å². The maximum atomic E-state index is 11.4. The summed E-state index contributed by atoms with van der Waals surface area (Å²) in [6.07, 6.45) is -0.977. The lowest BCUT2D eigenvalue weighted by atomic mass is 9.81. The average Bonchev–Trinajstić information content (AvgIpc) is 3.17. The number of phenols is 2. The number of hydrogen-bond donors (Lipinski definition) is 3. The van der Waals surface area contributed by atoms with Crippen molar-refractivity contribution in [2.75, 3.05) is 27.4 Å². The van der Waals surface area contributed by atoms with Crippen LogP contribution in [-0.4, -0.2) is 48.4 Å². The fourth-order valence-electron chi connectivity index (χ4n) is 4.00. The maximum Gasteiger partial charge on any atom is 0.160 e. The number of hydrogen-bond acceptors (Lipinski definition) is 7. The smallest absolute Gasteiger partial charge is 0.160 e. The zero-order valence-corrected chi connectivity index (χ0v) is 15.1. The molecule has 2 aromatic carbocycles. The summed E-state index contributed by atoms with van der Waals surface area (Å²) >= 11 is 0. The molecule has 0 amide bonds. The van der Waals surface area contributed by atoms with Crippen molar-refractivity contribution in [1.29, 1.82) is 0 Å². The topological polar surface area (TPSA) is 97.6 Å². The van der Waals surface area contributed by atoms with Gasteiger partial charge in [0.15, 0.2) is 23.0 Å². The van der Waals surface area contributed by atoms with Crippen LogP contribution in [0.3, 0.4) is 0 Å². The Morgan fingerprint density at radius 1 is 0.926 bits per heavy atom. The largest absolute Gasteiger partial charge is 0.504 e. The van der Waals surface area contributed by atoms with Crippen molar-refractivity contribution >= 4 is 0 Å². The highest BCUT2D eigenvalue weighted by Crippen LogP contribution is 2.54. The third-order valence-electron chi connectivity index (χ3n) is 5.44. The molecule has 0 radical (unpaired) electrons. The summed E-state index contributed by atoms with van der Waals surface area (Å²) in [6.45, 7) is 0.428. The van der Waals surface area contributed by atoms with Crippen molar-refractivity contribution in [3.05, 3.63) is 47.5 Å². The molecule has 0 aromatic heterocycles. The molecule has 144 valence electrons. The van der Waals surface area contributed by atoms with E-state index in [9.17, 15) is 15.3 Å². The van der Waals surface area contributed by atoms with E-state index >= 15 is 0 Å². The first-order chi connectivity index (χ1) is 13.0. The molecule has 27 heavy (non-hydrogen) atoms. The molecule has 2 fully saturated rings. The van der Waals surface area contributed by atoms with Gasteiger partial charge in [0.2, 0.25) is 0 Å². The Labute approximate surface area is 156 Å². The summed E-state index contributed by atoms with van der Waals surface area (Å²) in [4.78, 5) is 0. The van der Waals surface area contributed by atoms with Crippen molar-refractivity contribution in [3.63, 3.8) is 0 Å². The van der Waals surface area contributed by atoms with E-state index in [1.807, 2.05) is 0 Å². The molecule has 2 aromatic rings. The normalized spacial score (nSPS) is 29.5. The van der Waals surface area contributed by atoms with Crippen molar-refractivity contribution in [2.45, 2.75) is 17.8 Å². The Kier molecular flexibility index (Phi) is 4.38.